The van der Waals surface area contributed by atoms with Crippen molar-refractivity contribution in [1.29, 1.82) is 0 Å². The van der Waals surface area contributed by atoms with Crippen LogP contribution in [-0.2, 0) is 9.59 Å². The van der Waals surface area contributed by atoms with E-state index in [9.17, 15) is 9.59 Å². The summed E-state index contributed by atoms with van der Waals surface area (Å²) < 4.78 is 10.7. The number of carbonyl (C=O) groups is 2. The fraction of sp³-hybridized carbons (Fsp3) is 0.300. The molecule has 0 atom stereocenters. The maximum absolute atomic E-state index is 12.6. The molecule has 1 N–H and O–H groups in total. The summed E-state index contributed by atoms with van der Waals surface area (Å²) in [6.07, 6.45) is 0.695. The molecule has 2 amide bonds. The first-order chi connectivity index (χ1) is 13.5. The van der Waals surface area contributed by atoms with Crippen LogP contribution in [0.2, 0.25) is 10.0 Å². The van der Waals surface area contributed by atoms with Gasteiger partial charge in [0.15, 0.2) is 12.4 Å². The number of carbonyl (C=O) groups excluding carboxylic acids is 2. The van der Waals surface area contributed by atoms with E-state index >= 15 is 0 Å². The summed E-state index contributed by atoms with van der Waals surface area (Å²) >= 11 is 12.1. The molecule has 28 heavy (non-hydrogen) atoms. The van der Waals surface area contributed by atoms with Gasteiger partial charge in [-0.2, -0.15) is 0 Å². The third-order valence-corrected chi connectivity index (χ3v) is 4.42. The van der Waals surface area contributed by atoms with Crippen LogP contribution in [-0.4, -0.2) is 43.5 Å². The number of nitrogens with one attached hydrogen (secondary N) is 1. The maximum atomic E-state index is 12.6. The van der Waals surface area contributed by atoms with Crippen molar-refractivity contribution < 1.29 is 19.1 Å². The van der Waals surface area contributed by atoms with E-state index < -0.39 is 0 Å². The molecule has 0 aliphatic heterocycles. The predicted molar refractivity (Wildman–Crippen MR) is 110 cm³/mol. The zero-order valence-electron chi connectivity index (χ0n) is 15.7. The topological polar surface area (TPSA) is 67.9 Å². The smallest absolute Gasteiger partial charge is 0.260 e. The van der Waals surface area contributed by atoms with E-state index in [1.165, 1.54) is 12.0 Å². The molecule has 0 heterocycles. The van der Waals surface area contributed by atoms with Crippen LogP contribution in [0.25, 0.3) is 0 Å². The number of ether oxygens (including phenoxy) is 2. The summed E-state index contributed by atoms with van der Waals surface area (Å²) in [4.78, 5) is 26.4. The van der Waals surface area contributed by atoms with Gasteiger partial charge < -0.3 is 19.7 Å². The molecule has 8 heteroatoms. The Morgan fingerprint density at radius 1 is 1.07 bits per heavy atom. The van der Waals surface area contributed by atoms with Gasteiger partial charge in [0, 0.05) is 6.54 Å². The van der Waals surface area contributed by atoms with Crippen molar-refractivity contribution >= 4 is 40.7 Å². The Hall–Kier alpha value is -2.44. The van der Waals surface area contributed by atoms with Gasteiger partial charge in [0.25, 0.3) is 5.91 Å². The Morgan fingerprint density at radius 2 is 1.75 bits per heavy atom. The minimum absolute atomic E-state index is 0.107. The van der Waals surface area contributed by atoms with Gasteiger partial charge in [-0.15, -0.1) is 0 Å². The molecule has 0 saturated heterocycles. The second-order valence-corrected chi connectivity index (χ2v) is 6.72. The highest BCUT2D eigenvalue weighted by Crippen LogP contribution is 2.32. The molecule has 0 radical (unpaired) electrons. The van der Waals surface area contributed by atoms with E-state index in [0.717, 1.165) is 0 Å². The van der Waals surface area contributed by atoms with Gasteiger partial charge in [0.2, 0.25) is 5.91 Å². The molecule has 150 valence electrons. The maximum Gasteiger partial charge on any atom is 0.260 e. The molecule has 0 spiro atoms. The Morgan fingerprint density at radius 3 is 2.39 bits per heavy atom. The summed E-state index contributed by atoms with van der Waals surface area (Å²) in [5, 5.41) is 3.39. The molecule has 0 aliphatic rings. The molecule has 0 saturated carbocycles. The number of benzene rings is 2. The largest absolute Gasteiger partial charge is 0.495 e. The van der Waals surface area contributed by atoms with Crippen LogP contribution >= 0.6 is 23.2 Å². The van der Waals surface area contributed by atoms with Gasteiger partial charge in [-0.1, -0.05) is 48.3 Å². The van der Waals surface area contributed by atoms with Crippen LogP contribution in [0.4, 0.5) is 5.69 Å². The molecule has 0 fully saturated rings. The zero-order valence-corrected chi connectivity index (χ0v) is 17.2. The number of halogens is 2. The van der Waals surface area contributed by atoms with Crippen LogP contribution in [0.15, 0.2) is 42.5 Å². The number of nitrogens with zero attached hydrogens (tertiary/aromatic N) is 1. The van der Waals surface area contributed by atoms with E-state index in [1.54, 1.807) is 42.5 Å². The van der Waals surface area contributed by atoms with Gasteiger partial charge >= 0.3 is 0 Å². The lowest BCUT2D eigenvalue weighted by atomic mass is 10.3. The van der Waals surface area contributed by atoms with Crippen molar-refractivity contribution in [3.63, 3.8) is 0 Å². The SMILES string of the molecule is CCCN(CC(=O)Nc1ccccc1OC)C(=O)COc1c(Cl)cccc1Cl. The number of hydrogen-bond acceptors (Lipinski definition) is 4. The Balaban J connectivity index is 1.99. The van der Waals surface area contributed by atoms with E-state index in [-0.39, 0.29) is 30.7 Å². The minimum atomic E-state index is -0.340. The number of amides is 2. The summed E-state index contributed by atoms with van der Waals surface area (Å²) in [5.41, 5.74) is 0.540. The summed E-state index contributed by atoms with van der Waals surface area (Å²) in [6, 6.07) is 12.0. The van der Waals surface area contributed by atoms with Crippen molar-refractivity contribution in [3.05, 3.63) is 52.5 Å². The molecule has 2 aromatic carbocycles. The molecule has 2 rings (SSSR count). The Kier molecular flexibility index (Phi) is 8.42. The highest BCUT2D eigenvalue weighted by Gasteiger charge is 2.19. The Labute approximate surface area is 174 Å². The first-order valence-electron chi connectivity index (χ1n) is 8.73. The molecule has 0 bridgehead atoms. The van der Waals surface area contributed by atoms with E-state index in [2.05, 4.69) is 5.32 Å². The number of rotatable bonds is 9. The number of para-hydroxylation sites is 3. The van der Waals surface area contributed by atoms with Crippen LogP contribution in [0.1, 0.15) is 13.3 Å². The van der Waals surface area contributed by atoms with Crippen molar-refractivity contribution in [3.8, 4) is 11.5 Å². The predicted octanol–water partition coefficient (Wildman–Crippen LogP) is 4.26. The third kappa shape index (κ3) is 6.04. The van der Waals surface area contributed by atoms with Crippen LogP contribution in [0.3, 0.4) is 0 Å². The summed E-state index contributed by atoms with van der Waals surface area (Å²) in [6.45, 7) is 1.96. The molecule has 0 aliphatic carbocycles. The van der Waals surface area contributed by atoms with E-state index in [4.69, 9.17) is 32.7 Å². The third-order valence-electron chi connectivity index (χ3n) is 3.82. The van der Waals surface area contributed by atoms with Crippen LogP contribution in [0, 0.1) is 0 Å². The zero-order chi connectivity index (χ0) is 20.5. The average molecular weight is 425 g/mol. The highest BCUT2D eigenvalue weighted by molar-refractivity contribution is 6.37. The van der Waals surface area contributed by atoms with Gasteiger partial charge in [0.1, 0.15) is 5.75 Å². The second kappa shape index (κ2) is 10.8. The van der Waals surface area contributed by atoms with Gasteiger partial charge in [-0.05, 0) is 30.7 Å². The normalized spacial score (nSPS) is 10.3. The monoisotopic (exact) mass is 424 g/mol. The van der Waals surface area contributed by atoms with Crippen molar-refractivity contribution in [1.82, 2.24) is 4.90 Å². The lowest BCUT2D eigenvalue weighted by Crippen LogP contribution is -2.41. The first-order valence-corrected chi connectivity index (χ1v) is 9.49. The number of methoxy groups -OCH3 is 1. The fourth-order valence-corrected chi connectivity index (χ4v) is 3.03. The summed E-state index contributed by atoms with van der Waals surface area (Å²) in [7, 11) is 1.52. The standard InChI is InChI=1S/C20H22Cl2N2O4/c1-3-11-24(12-18(25)23-16-9-4-5-10-17(16)27-2)19(26)13-28-20-14(21)7-6-8-15(20)22/h4-10H,3,11-13H2,1-2H3,(H,23,25). The van der Waals surface area contributed by atoms with Crippen molar-refractivity contribution in [2.75, 3.05) is 32.1 Å². The number of hydrogen-bond donors (Lipinski definition) is 1. The molecule has 0 unspecified atom stereocenters. The molecule has 0 aromatic heterocycles. The quantitative estimate of drug-likeness (QED) is 0.652. The van der Waals surface area contributed by atoms with Crippen molar-refractivity contribution in [2.45, 2.75) is 13.3 Å². The highest BCUT2D eigenvalue weighted by atomic mass is 35.5. The van der Waals surface area contributed by atoms with E-state index in [0.29, 0.717) is 34.4 Å². The number of anilines is 1. The summed E-state index contributed by atoms with van der Waals surface area (Å²) in [5.74, 6) is 0.116. The van der Waals surface area contributed by atoms with Crippen LogP contribution in [0.5, 0.6) is 11.5 Å². The van der Waals surface area contributed by atoms with Gasteiger partial charge in [-0.25, -0.2) is 0 Å². The molecular weight excluding hydrogens is 403 g/mol. The first kappa shape index (κ1) is 21.9. The lowest BCUT2D eigenvalue weighted by molar-refractivity contribution is -0.136. The van der Waals surface area contributed by atoms with Crippen molar-refractivity contribution in [2.24, 2.45) is 0 Å². The molecule has 2 aromatic rings. The fourth-order valence-electron chi connectivity index (χ4n) is 2.52. The molecule has 6 nitrogen and oxygen atoms in total. The minimum Gasteiger partial charge on any atom is -0.495 e. The molecular formula is C20H22Cl2N2O4. The lowest BCUT2D eigenvalue weighted by Gasteiger charge is -2.22. The second-order valence-electron chi connectivity index (χ2n) is 5.90. The average Bonchev–Trinajstić information content (AvgIpc) is 2.67. The van der Waals surface area contributed by atoms with Gasteiger partial charge in [-0.3, -0.25) is 9.59 Å². The van der Waals surface area contributed by atoms with E-state index in [1.807, 2.05) is 6.92 Å². The Bertz CT molecular complexity index is 809. The van der Waals surface area contributed by atoms with Crippen LogP contribution < -0.4 is 14.8 Å². The van der Waals surface area contributed by atoms with Gasteiger partial charge in [0.05, 0.1) is 29.4 Å².